The van der Waals surface area contributed by atoms with Gasteiger partial charge in [-0.1, -0.05) is 0 Å². The summed E-state index contributed by atoms with van der Waals surface area (Å²) in [5.41, 5.74) is 1.17. The molecule has 0 heterocycles. The van der Waals surface area contributed by atoms with E-state index in [0.29, 0.717) is 6.61 Å². The fourth-order valence-electron chi connectivity index (χ4n) is 1.29. The van der Waals surface area contributed by atoms with Crippen LogP contribution in [0.25, 0.3) is 0 Å². The van der Waals surface area contributed by atoms with Gasteiger partial charge in [0.2, 0.25) is 0 Å². The molecule has 0 saturated heterocycles. The van der Waals surface area contributed by atoms with Gasteiger partial charge in [0.15, 0.2) is 0 Å². The van der Waals surface area contributed by atoms with Crippen molar-refractivity contribution < 1.29 is 18.1 Å². The second-order valence-corrected chi connectivity index (χ2v) is 14.8. The minimum absolute atomic E-state index is 0.687. The first-order valence-corrected chi connectivity index (χ1v) is 11.2. The Bertz CT molecular complexity index is 242. The molecule has 0 fully saturated rings. The number of halogens is 3. The maximum absolute atomic E-state index is 5.99. The van der Waals surface area contributed by atoms with Gasteiger partial charge in [-0.15, -0.1) is 0 Å². The Morgan fingerprint density at radius 2 is 2.15 bits per heavy atom. The second-order valence-electron chi connectivity index (χ2n) is 2.85. The van der Waals surface area contributed by atoms with Gasteiger partial charge in [0.25, 0.3) is 0 Å². The Balaban J connectivity index is 2.70. The molecular formula is C8H11Cl3OTi. The summed E-state index contributed by atoms with van der Waals surface area (Å²) >= 11 is -3.14. The fourth-order valence-corrected chi connectivity index (χ4v) is 5.19. The van der Waals surface area contributed by atoms with Gasteiger partial charge < -0.3 is 0 Å². The molecule has 0 spiro atoms. The molecule has 1 nitrogen and oxygen atoms in total. The third-order valence-corrected chi connectivity index (χ3v) is 6.66. The van der Waals surface area contributed by atoms with Crippen LogP contribution in [0.1, 0.15) is 12.8 Å². The predicted molar refractivity (Wildman–Crippen MR) is 54.8 cm³/mol. The molecule has 0 aromatic rings. The summed E-state index contributed by atoms with van der Waals surface area (Å²) in [6, 6.07) is 0. The fraction of sp³-hybridized carbons (Fsp3) is 0.500. The monoisotopic (exact) mass is 276 g/mol. The first-order valence-electron chi connectivity index (χ1n) is 4.00. The summed E-state index contributed by atoms with van der Waals surface area (Å²) in [7, 11) is 19.7. The molecular weight excluding hydrogens is 266 g/mol. The normalized spacial score (nSPS) is 17.2. The van der Waals surface area contributed by atoms with Crippen LogP contribution >= 0.6 is 27.9 Å². The van der Waals surface area contributed by atoms with Gasteiger partial charge in [0, 0.05) is 0 Å². The van der Waals surface area contributed by atoms with Crippen molar-refractivity contribution in [3.05, 3.63) is 21.6 Å². The van der Waals surface area contributed by atoms with Crippen molar-refractivity contribution in [2.75, 3.05) is 13.7 Å². The summed E-state index contributed by atoms with van der Waals surface area (Å²) < 4.78 is 6.05. The quantitative estimate of drug-likeness (QED) is 0.709. The van der Waals surface area contributed by atoms with E-state index in [2.05, 4.69) is 0 Å². The van der Waals surface area contributed by atoms with Crippen molar-refractivity contribution in [1.82, 2.24) is 0 Å². The topological polar surface area (TPSA) is 9.23 Å². The van der Waals surface area contributed by atoms with Crippen LogP contribution in [-0.2, 0) is 18.1 Å². The van der Waals surface area contributed by atoms with E-state index >= 15 is 0 Å². The first kappa shape index (κ1) is 12.1. The molecule has 0 amide bonds. The van der Waals surface area contributed by atoms with Crippen molar-refractivity contribution in [3.63, 3.8) is 0 Å². The van der Waals surface area contributed by atoms with E-state index in [1.807, 2.05) is 12.2 Å². The molecule has 74 valence electrons. The van der Waals surface area contributed by atoms with Crippen molar-refractivity contribution in [3.8, 4) is 0 Å². The van der Waals surface area contributed by atoms with Crippen molar-refractivity contribution >= 4 is 27.9 Å². The third kappa shape index (κ3) is 3.58. The number of methoxy groups -OCH3 is 1. The standard InChI is InChI=1S/C8H11O.3ClH.Ti/c1-9-7-6-8-4-2-3-5-8;;;;/h2,4H,3,6-7H2,1H3;3*1H;/q;;;;+3/p-3. The molecule has 5 heteroatoms. The molecule has 0 unspecified atom stereocenters. The molecule has 13 heavy (non-hydrogen) atoms. The van der Waals surface area contributed by atoms with Crippen molar-refractivity contribution in [2.45, 2.75) is 12.8 Å². The molecule has 0 saturated carbocycles. The molecule has 0 bridgehead atoms. The summed E-state index contributed by atoms with van der Waals surface area (Å²) in [6.45, 7) is 0.687. The van der Waals surface area contributed by atoms with Gasteiger partial charge in [0.1, 0.15) is 0 Å². The number of hydrogen-bond acceptors (Lipinski definition) is 1. The maximum atomic E-state index is 5.99. The van der Waals surface area contributed by atoms with E-state index in [9.17, 15) is 0 Å². The molecule has 0 aromatic carbocycles. The van der Waals surface area contributed by atoms with Crippen LogP contribution in [0.5, 0.6) is 0 Å². The average molecular weight is 277 g/mol. The van der Waals surface area contributed by atoms with Gasteiger partial charge in [-0.3, -0.25) is 0 Å². The third-order valence-electron chi connectivity index (χ3n) is 1.95. The Labute approximate surface area is 93.7 Å². The Hall–Kier alpha value is 1.02. The van der Waals surface area contributed by atoms with Crippen molar-refractivity contribution in [2.24, 2.45) is 0 Å². The van der Waals surface area contributed by atoms with Crippen LogP contribution in [-0.4, -0.2) is 13.7 Å². The van der Waals surface area contributed by atoms with Crippen molar-refractivity contribution in [1.29, 1.82) is 0 Å². The van der Waals surface area contributed by atoms with Gasteiger partial charge >= 0.3 is 94.2 Å². The molecule has 0 aromatic heterocycles. The summed E-state index contributed by atoms with van der Waals surface area (Å²) in [6.07, 6.45) is 5.76. The van der Waals surface area contributed by atoms with E-state index < -0.39 is 13.4 Å². The Morgan fingerprint density at radius 3 is 2.69 bits per heavy atom. The summed E-state index contributed by atoms with van der Waals surface area (Å²) in [4.78, 5) is 0. The summed E-state index contributed by atoms with van der Waals surface area (Å²) in [5.74, 6) is 0. The zero-order valence-corrected chi connectivity index (χ0v) is 11.1. The molecule has 1 rings (SSSR count). The van der Waals surface area contributed by atoms with E-state index in [0.717, 1.165) is 16.7 Å². The predicted octanol–water partition coefficient (Wildman–Crippen LogP) is 3.85. The molecule has 1 aliphatic rings. The van der Waals surface area contributed by atoms with E-state index in [-0.39, 0.29) is 0 Å². The van der Waals surface area contributed by atoms with E-state index in [1.165, 1.54) is 5.57 Å². The van der Waals surface area contributed by atoms with Crippen LogP contribution in [0.15, 0.2) is 21.6 Å². The minimum atomic E-state index is -3.14. The van der Waals surface area contributed by atoms with Crippen LogP contribution in [0.2, 0.25) is 0 Å². The molecule has 0 atom stereocenters. The number of rotatable bonds is 4. The SMILES string of the molecule is COCCC1=[C]([Ti]([Cl])([Cl])[Cl])CC=C1. The first-order chi connectivity index (χ1) is 6.05. The van der Waals surface area contributed by atoms with E-state index in [4.69, 9.17) is 32.7 Å². The van der Waals surface area contributed by atoms with Crippen LogP contribution < -0.4 is 0 Å². The van der Waals surface area contributed by atoms with Crippen LogP contribution in [0.4, 0.5) is 0 Å². The Morgan fingerprint density at radius 1 is 1.46 bits per heavy atom. The molecule has 0 aliphatic heterocycles. The number of ether oxygens (including phenoxy) is 1. The molecule has 0 radical (unpaired) electrons. The van der Waals surface area contributed by atoms with E-state index in [1.54, 1.807) is 7.11 Å². The second kappa shape index (κ2) is 5.20. The molecule has 0 N–H and O–H groups in total. The van der Waals surface area contributed by atoms with Gasteiger partial charge in [-0.25, -0.2) is 0 Å². The van der Waals surface area contributed by atoms with Gasteiger partial charge in [-0.05, 0) is 0 Å². The number of allylic oxidation sites excluding steroid dienone is 3. The zero-order valence-electron chi connectivity index (χ0n) is 7.32. The zero-order chi connectivity index (χ0) is 9.90. The van der Waals surface area contributed by atoms with Gasteiger partial charge in [0.05, 0.1) is 0 Å². The molecule has 1 aliphatic carbocycles. The average Bonchev–Trinajstić information content (AvgIpc) is 2.47. The summed E-state index contributed by atoms with van der Waals surface area (Å²) in [5, 5.41) is 0. The van der Waals surface area contributed by atoms with Crippen LogP contribution in [0, 0.1) is 0 Å². The number of hydrogen-bond donors (Lipinski definition) is 0. The Kier molecular flexibility index (Phi) is 4.84. The van der Waals surface area contributed by atoms with Gasteiger partial charge in [-0.2, -0.15) is 0 Å². The van der Waals surface area contributed by atoms with Crippen LogP contribution in [0.3, 0.4) is 0 Å².